The van der Waals surface area contributed by atoms with Gasteiger partial charge in [0.15, 0.2) is 0 Å². The Hall–Kier alpha value is -1.46. The molecule has 1 aliphatic heterocycles. The van der Waals surface area contributed by atoms with Gasteiger partial charge < -0.3 is 19.7 Å². The van der Waals surface area contributed by atoms with E-state index >= 15 is 0 Å². The van der Waals surface area contributed by atoms with Gasteiger partial charge in [0, 0.05) is 20.0 Å². The fraction of sp³-hybridized carbons (Fsp3) is 0.818. The van der Waals surface area contributed by atoms with Crippen LogP contribution in [0.15, 0.2) is 0 Å². The summed E-state index contributed by atoms with van der Waals surface area (Å²) in [5.74, 6) is 0. The largest absolute Gasteiger partial charge is 0.444 e. The number of likely N-dealkylation sites (tertiary alicyclic amines) is 1. The van der Waals surface area contributed by atoms with Crippen LogP contribution < -0.4 is 5.32 Å². The van der Waals surface area contributed by atoms with Crippen LogP contribution in [0, 0.1) is 0 Å². The minimum Gasteiger partial charge on any atom is -0.444 e. The quantitative estimate of drug-likeness (QED) is 0.756. The van der Waals surface area contributed by atoms with E-state index in [1.807, 2.05) is 20.8 Å². The molecule has 6 heteroatoms. The first-order chi connectivity index (χ1) is 7.81. The SMILES string of the molecule is CNC(=O)O[C@H]1CCN(C(=O)OC(C)(C)C)C1. The van der Waals surface area contributed by atoms with Crippen molar-refractivity contribution >= 4 is 12.2 Å². The molecule has 1 rings (SSSR count). The van der Waals surface area contributed by atoms with E-state index in [1.165, 1.54) is 7.05 Å². The summed E-state index contributed by atoms with van der Waals surface area (Å²) in [5.41, 5.74) is -0.503. The zero-order valence-electron chi connectivity index (χ0n) is 10.8. The normalized spacial score (nSPS) is 20.0. The highest BCUT2D eigenvalue weighted by Crippen LogP contribution is 2.17. The van der Waals surface area contributed by atoms with Crippen LogP contribution in [0.1, 0.15) is 27.2 Å². The highest BCUT2D eigenvalue weighted by Gasteiger charge is 2.31. The average Bonchev–Trinajstić information content (AvgIpc) is 2.63. The topological polar surface area (TPSA) is 67.9 Å². The minimum atomic E-state index is -0.503. The van der Waals surface area contributed by atoms with E-state index < -0.39 is 11.7 Å². The monoisotopic (exact) mass is 244 g/mol. The zero-order chi connectivity index (χ0) is 13.1. The maximum atomic E-state index is 11.7. The molecule has 0 unspecified atom stereocenters. The number of hydrogen-bond donors (Lipinski definition) is 1. The Balaban J connectivity index is 2.39. The van der Waals surface area contributed by atoms with Gasteiger partial charge in [0.05, 0.1) is 6.54 Å². The Morgan fingerprint density at radius 2 is 2.00 bits per heavy atom. The van der Waals surface area contributed by atoms with E-state index in [0.717, 1.165) is 0 Å². The molecule has 1 heterocycles. The first-order valence-electron chi connectivity index (χ1n) is 5.68. The van der Waals surface area contributed by atoms with Crippen LogP contribution >= 0.6 is 0 Å². The van der Waals surface area contributed by atoms with E-state index in [-0.39, 0.29) is 12.2 Å². The van der Waals surface area contributed by atoms with E-state index in [9.17, 15) is 9.59 Å². The number of alkyl carbamates (subject to hydrolysis) is 1. The molecule has 17 heavy (non-hydrogen) atoms. The van der Waals surface area contributed by atoms with Gasteiger partial charge >= 0.3 is 12.2 Å². The Morgan fingerprint density at radius 1 is 1.35 bits per heavy atom. The van der Waals surface area contributed by atoms with Crippen LogP contribution in [-0.2, 0) is 9.47 Å². The number of amides is 2. The third-order valence-electron chi connectivity index (χ3n) is 2.27. The number of carbonyl (C=O) groups excluding carboxylic acids is 2. The number of hydrogen-bond acceptors (Lipinski definition) is 4. The van der Waals surface area contributed by atoms with Gasteiger partial charge in [-0.1, -0.05) is 0 Å². The van der Waals surface area contributed by atoms with Gasteiger partial charge in [-0.15, -0.1) is 0 Å². The van der Waals surface area contributed by atoms with E-state index in [0.29, 0.717) is 19.5 Å². The molecule has 0 aliphatic carbocycles. The molecule has 0 radical (unpaired) electrons. The summed E-state index contributed by atoms with van der Waals surface area (Å²) >= 11 is 0. The van der Waals surface area contributed by atoms with Crippen LogP contribution in [0.2, 0.25) is 0 Å². The molecule has 0 aromatic carbocycles. The maximum Gasteiger partial charge on any atom is 0.410 e. The summed E-state index contributed by atoms with van der Waals surface area (Å²) in [7, 11) is 1.50. The summed E-state index contributed by atoms with van der Waals surface area (Å²) in [4.78, 5) is 24.3. The molecule has 1 aliphatic rings. The lowest BCUT2D eigenvalue weighted by atomic mass is 10.2. The fourth-order valence-corrected chi connectivity index (χ4v) is 1.53. The Bertz CT molecular complexity index is 298. The van der Waals surface area contributed by atoms with Crippen LogP contribution in [-0.4, -0.2) is 48.9 Å². The van der Waals surface area contributed by atoms with Crippen molar-refractivity contribution in [3.05, 3.63) is 0 Å². The first-order valence-corrected chi connectivity index (χ1v) is 5.68. The number of nitrogens with one attached hydrogen (secondary N) is 1. The molecule has 0 saturated carbocycles. The van der Waals surface area contributed by atoms with Gasteiger partial charge in [-0.2, -0.15) is 0 Å². The Labute approximate surface area is 101 Å². The number of nitrogens with zero attached hydrogens (tertiary/aromatic N) is 1. The third kappa shape index (κ3) is 4.50. The molecule has 1 N–H and O–H groups in total. The van der Waals surface area contributed by atoms with Crippen molar-refractivity contribution in [3.63, 3.8) is 0 Å². The van der Waals surface area contributed by atoms with Crippen molar-refractivity contribution in [2.24, 2.45) is 0 Å². The predicted octanol–water partition coefficient (Wildman–Crippen LogP) is 1.35. The van der Waals surface area contributed by atoms with E-state index in [1.54, 1.807) is 4.90 Å². The van der Waals surface area contributed by atoms with Crippen LogP contribution in [0.25, 0.3) is 0 Å². The van der Waals surface area contributed by atoms with Crippen molar-refractivity contribution in [1.82, 2.24) is 10.2 Å². The minimum absolute atomic E-state index is 0.248. The maximum absolute atomic E-state index is 11.7. The molecule has 1 atom stereocenters. The van der Waals surface area contributed by atoms with Crippen LogP contribution in [0.4, 0.5) is 9.59 Å². The molecule has 1 saturated heterocycles. The Kier molecular flexibility index (Phi) is 4.20. The van der Waals surface area contributed by atoms with Gasteiger partial charge in [0.2, 0.25) is 0 Å². The average molecular weight is 244 g/mol. The van der Waals surface area contributed by atoms with Gasteiger partial charge in [-0.3, -0.25) is 0 Å². The van der Waals surface area contributed by atoms with Gasteiger partial charge in [0.25, 0.3) is 0 Å². The molecule has 6 nitrogen and oxygen atoms in total. The van der Waals surface area contributed by atoms with Crippen molar-refractivity contribution in [3.8, 4) is 0 Å². The molecule has 2 amide bonds. The van der Waals surface area contributed by atoms with Crippen LogP contribution in [0.5, 0.6) is 0 Å². The molecule has 0 spiro atoms. The van der Waals surface area contributed by atoms with Gasteiger partial charge in [-0.05, 0) is 20.8 Å². The second-order valence-corrected chi connectivity index (χ2v) is 4.99. The fourth-order valence-electron chi connectivity index (χ4n) is 1.53. The van der Waals surface area contributed by atoms with Crippen molar-refractivity contribution in [2.45, 2.75) is 38.9 Å². The van der Waals surface area contributed by atoms with Crippen molar-refractivity contribution in [1.29, 1.82) is 0 Å². The standard InChI is InChI=1S/C11H20N2O4/c1-11(2,3)17-10(15)13-6-5-8(7-13)16-9(14)12-4/h8H,5-7H2,1-4H3,(H,12,14)/t8-/m0/s1. The lowest BCUT2D eigenvalue weighted by Crippen LogP contribution is -2.36. The summed E-state index contributed by atoms with van der Waals surface area (Å²) < 4.78 is 10.3. The Morgan fingerprint density at radius 3 is 2.53 bits per heavy atom. The summed E-state index contributed by atoms with van der Waals surface area (Å²) in [6.45, 7) is 6.40. The molecule has 0 aromatic rings. The first kappa shape index (κ1) is 13.6. The molecule has 1 fully saturated rings. The molecular weight excluding hydrogens is 224 g/mol. The second kappa shape index (κ2) is 5.25. The smallest absolute Gasteiger partial charge is 0.410 e. The second-order valence-electron chi connectivity index (χ2n) is 4.99. The third-order valence-corrected chi connectivity index (χ3v) is 2.27. The number of carbonyl (C=O) groups is 2. The van der Waals surface area contributed by atoms with Crippen molar-refractivity contribution in [2.75, 3.05) is 20.1 Å². The molecule has 0 aromatic heterocycles. The van der Waals surface area contributed by atoms with Crippen molar-refractivity contribution < 1.29 is 19.1 Å². The van der Waals surface area contributed by atoms with Gasteiger partial charge in [0.1, 0.15) is 11.7 Å². The lowest BCUT2D eigenvalue weighted by Gasteiger charge is -2.24. The highest BCUT2D eigenvalue weighted by atomic mass is 16.6. The van der Waals surface area contributed by atoms with Crippen LogP contribution in [0.3, 0.4) is 0 Å². The lowest BCUT2D eigenvalue weighted by molar-refractivity contribution is 0.0259. The summed E-state index contributed by atoms with van der Waals surface area (Å²) in [5, 5.41) is 2.38. The molecule has 98 valence electrons. The summed E-state index contributed by atoms with van der Waals surface area (Å²) in [6, 6.07) is 0. The highest BCUT2D eigenvalue weighted by molar-refractivity contribution is 5.69. The summed E-state index contributed by atoms with van der Waals surface area (Å²) in [6.07, 6.45) is -0.434. The molecule has 0 bridgehead atoms. The van der Waals surface area contributed by atoms with E-state index in [2.05, 4.69) is 5.32 Å². The number of ether oxygens (including phenoxy) is 2. The predicted molar refractivity (Wildman–Crippen MR) is 61.8 cm³/mol. The zero-order valence-corrected chi connectivity index (χ0v) is 10.8. The van der Waals surface area contributed by atoms with Gasteiger partial charge in [-0.25, -0.2) is 9.59 Å². The number of rotatable bonds is 1. The van der Waals surface area contributed by atoms with E-state index in [4.69, 9.17) is 9.47 Å². The molecular formula is C11H20N2O4.